The van der Waals surface area contributed by atoms with Gasteiger partial charge in [0.15, 0.2) is 0 Å². The highest BCUT2D eigenvalue weighted by Crippen LogP contribution is 1.99. The van der Waals surface area contributed by atoms with E-state index in [1.807, 2.05) is 0 Å². The van der Waals surface area contributed by atoms with Gasteiger partial charge in [-0.2, -0.15) is 0 Å². The van der Waals surface area contributed by atoms with Crippen molar-refractivity contribution in [1.29, 1.82) is 0 Å². The summed E-state index contributed by atoms with van der Waals surface area (Å²) < 4.78 is 0. The number of hydrogen-bond donors (Lipinski definition) is 2. The van der Waals surface area contributed by atoms with Crippen molar-refractivity contribution >= 4 is 6.29 Å². The monoisotopic (exact) mass is 144 g/mol. The second-order valence-corrected chi connectivity index (χ2v) is 2.44. The molecule has 0 unspecified atom stereocenters. The third kappa shape index (κ3) is 5.72. The van der Waals surface area contributed by atoms with Crippen molar-refractivity contribution in [2.24, 2.45) is 11.5 Å². The molecule has 0 saturated carbocycles. The second kappa shape index (κ2) is 6.71. The van der Waals surface area contributed by atoms with Gasteiger partial charge in [0.1, 0.15) is 6.29 Å². The van der Waals surface area contributed by atoms with E-state index in [1.165, 1.54) is 0 Å². The molecule has 0 aliphatic carbocycles. The molecule has 0 aliphatic rings. The van der Waals surface area contributed by atoms with Crippen LogP contribution in [0.1, 0.15) is 25.7 Å². The Morgan fingerprint density at radius 2 is 2.10 bits per heavy atom. The fourth-order valence-electron chi connectivity index (χ4n) is 0.806. The summed E-state index contributed by atoms with van der Waals surface area (Å²) in [5, 5.41) is 0. The summed E-state index contributed by atoms with van der Waals surface area (Å²) >= 11 is 0. The molecule has 0 spiro atoms. The molecule has 3 heteroatoms. The largest absolute Gasteiger partial charge is 0.330 e. The molecule has 60 valence electrons. The molecule has 0 saturated heterocycles. The lowest BCUT2D eigenvalue weighted by Gasteiger charge is -2.07. The number of carbonyl (C=O) groups is 1. The number of rotatable bonds is 6. The summed E-state index contributed by atoms with van der Waals surface area (Å²) in [4.78, 5) is 9.90. The van der Waals surface area contributed by atoms with E-state index < -0.39 is 0 Å². The highest BCUT2D eigenvalue weighted by Gasteiger charge is 1.99. The van der Waals surface area contributed by atoms with Gasteiger partial charge in [0, 0.05) is 12.5 Å². The van der Waals surface area contributed by atoms with Gasteiger partial charge in [-0.15, -0.1) is 0 Å². The SMILES string of the molecule is NCCC[C@H](N)CCC=O. The van der Waals surface area contributed by atoms with Crippen LogP contribution < -0.4 is 11.5 Å². The summed E-state index contributed by atoms with van der Waals surface area (Å²) in [7, 11) is 0. The third-order valence-corrected chi connectivity index (χ3v) is 1.43. The lowest BCUT2D eigenvalue weighted by molar-refractivity contribution is -0.108. The minimum atomic E-state index is 0.161. The highest BCUT2D eigenvalue weighted by molar-refractivity contribution is 5.49. The fraction of sp³-hybridized carbons (Fsp3) is 0.857. The van der Waals surface area contributed by atoms with Crippen LogP contribution in [0.2, 0.25) is 0 Å². The van der Waals surface area contributed by atoms with Gasteiger partial charge < -0.3 is 16.3 Å². The molecule has 10 heavy (non-hydrogen) atoms. The van der Waals surface area contributed by atoms with E-state index in [9.17, 15) is 4.79 Å². The smallest absolute Gasteiger partial charge is 0.120 e. The zero-order valence-corrected chi connectivity index (χ0v) is 6.25. The molecule has 1 atom stereocenters. The van der Waals surface area contributed by atoms with Gasteiger partial charge >= 0.3 is 0 Å². The molecule has 0 radical (unpaired) electrons. The van der Waals surface area contributed by atoms with Crippen LogP contribution in [0.25, 0.3) is 0 Å². The molecular formula is C7H16N2O. The molecule has 0 fully saturated rings. The topological polar surface area (TPSA) is 69.1 Å². The molecular weight excluding hydrogens is 128 g/mol. The zero-order chi connectivity index (χ0) is 7.82. The highest BCUT2D eigenvalue weighted by atomic mass is 16.1. The Morgan fingerprint density at radius 1 is 1.40 bits per heavy atom. The summed E-state index contributed by atoms with van der Waals surface area (Å²) in [5.74, 6) is 0. The molecule has 0 aromatic carbocycles. The molecule has 0 bridgehead atoms. The van der Waals surface area contributed by atoms with Crippen LogP contribution in [0, 0.1) is 0 Å². The van der Waals surface area contributed by atoms with Crippen molar-refractivity contribution in [2.75, 3.05) is 6.54 Å². The van der Waals surface area contributed by atoms with Crippen molar-refractivity contribution < 1.29 is 4.79 Å². The number of aldehydes is 1. The predicted octanol–water partition coefficient (Wildman–Crippen LogP) is 0.0317. The predicted molar refractivity (Wildman–Crippen MR) is 41.6 cm³/mol. The summed E-state index contributed by atoms with van der Waals surface area (Å²) in [6, 6.07) is 0.161. The number of carbonyl (C=O) groups excluding carboxylic acids is 1. The van der Waals surface area contributed by atoms with Gasteiger partial charge in [0.25, 0.3) is 0 Å². The average Bonchev–Trinajstić information content (AvgIpc) is 1.97. The van der Waals surface area contributed by atoms with Gasteiger partial charge in [-0.25, -0.2) is 0 Å². The molecule has 0 amide bonds. The Kier molecular flexibility index (Phi) is 6.43. The maximum absolute atomic E-state index is 9.90. The fourth-order valence-corrected chi connectivity index (χ4v) is 0.806. The molecule has 0 aromatic rings. The standard InChI is InChI=1S/C7H16N2O/c8-5-1-3-7(9)4-2-6-10/h6-7H,1-5,8-9H2/t7-/m0/s1. The van der Waals surface area contributed by atoms with Crippen LogP contribution in [-0.2, 0) is 4.79 Å². The number of nitrogens with two attached hydrogens (primary N) is 2. The van der Waals surface area contributed by atoms with Crippen molar-refractivity contribution in [1.82, 2.24) is 0 Å². The van der Waals surface area contributed by atoms with Crippen molar-refractivity contribution in [3.8, 4) is 0 Å². The first kappa shape index (κ1) is 9.59. The zero-order valence-electron chi connectivity index (χ0n) is 6.25. The summed E-state index contributed by atoms with van der Waals surface area (Å²) in [6.45, 7) is 0.689. The van der Waals surface area contributed by atoms with Gasteiger partial charge in [-0.3, -0.25) is 0 Å². The minimum absolute atomic E-state index is 0.161. The molecule has 0 heterocycles. The average molecular weight is 144 g/mol. The van der Waals surface area contributed by atoms with Crippen LogP contribution in [0.3, 0.4) is 0 Å². The van der Waals surface area contributed by atoms with Crippen LogP contribution in [0.4, 0.5) is 0 Å². The van der Waals surface area contributed by atoms with Crippen LogP contribution in [-0.4, -0.2) is 18.9 Å². The van der Waals surface area contributed by atoms with Crippen molar-refractivity contribution in [3.05, 3.63) is 0 Å². The van der Waals surface area contributed by atoms with Gasteiger partial charge in [0.2, 0.25) is 0 Å². The lowest BCUT2D eigenvalue weighted by atomic mass is 10.1. The molecule has 0 aromatic heterocycles. The Balaban J connectivity index is 3.07. The Hall–Kier alpha value is -0.410. The van der Waals surface area contributed by atoms with Gasteiger partial charge in [0.05, 0.1) is 0 Å². The normalized spacial score (nSPS) is 13.0. The Bertz CT molecular complexity index is 85.7. The van der Waals surface area contributed by atoms with Gasteiger partial charge in [-0.1, -0.05) is 0 Å². The Morgan fingerprint density at radius 3 is 2.60 bits per heavy atom. The van der Waals surface area contributed by atoms with E-state index in [0.29, 0.717) is 13.0 Å². The second-order valence-electron chi connectivity index (χ2n) is 2.44. The molecule has 4 N–H and O–H groups in total. The van der Waals surface area contributed by atoms with E-state index in [0.717, 1.165) is 25.5 Å². The Labute approximate surface area is 61.8 Å². The first-order valence-electron chi connectivity index (χ1n) is 3.70. The van der Waals surface area contributed by atoms with Crippen LogP contribution in [0.5, 0.6) is 0 Å². The lowest BCUT2D eigenvalue weighted by Crippen LogP contribution is -2.20. The first-order valence-corrected chi connectivity index (χ1v) is 3.70. The molecule has 0 rings (SSSR count). The van der Waals surface area contributed by atoms with E-state index in [1.54, 1.807) is 0 Å². The quantitative estimate of drug-likeness (QED) is 0.517. The van der Waals surface area contributed by atoms with Crippen molar-refractivity contribution in [2.45, 2.75) is 31.7 Å². The van der Waals surface area contributed by atoms with Crippen LogP contribution in [0.15, 0.2) is 0 Å². The number of hydrogen-bond acceptors (Lipinski definition) is 3. The maximum Gasteiger partial charge on any atom is 0.120 e. The van der Waals surface area contributed by atoms with Crippen molar-refractivity contribution in [3.63, 3.8) is 0 Å². The molecule has 0 aliphatic heterocycles. The third-order valence-electron chi connectivity index (χ3n) is 1.43. The summed E-state index contributed by atoms with van der Waals surface area (Å²) in [5.41, 5.74) is 10.9. The molecule has 3 nitrogen and oxygen atoms in total. The van der Waals surface area contributed by atoms with E-state index >= 15 is 0 Å². The van der Waals surface area contributed by atoms with E-state index in [-0.39, 0.29) is 6.04 Å². The van der Waals surface area contributed by atoms with E-state index in [2.05, 4.69) is 0 Å². The maximum atomic E-state index is 9.90. The summed E-state index contributed by atoms with van der Waals surface area (Å²) in [6.07, 6.45) is 4.17. The van der Waals surface area contributed by atoms with Gasteiger partial charge in [-0.05, 0) is 25.8 Å². The minimum Gasteiger partial charge on any atom is -0.330 e. The van der Waals surface area contributed by atoms with Crippen LogP contribution >= 0.6 is 0 Å². The first-order chi connectivity index (χ1) is 4.81. The van der Waals surface area contributed by atoms with E-state index in [4.69, 9.17) is 11.5 Å².